The third-order valence-corrected chi connectivity index (χ3v) is 4.69. The lowest BCUT2D eigenvalue weighted by Crippen LogP contribution is -2.33. The van der Waals surface area contributed by atoms with E-state index in [4.69, 9.17) is 5.73 Å². The SMILES string of the molecule is Cl.N[C@@H]1CN(CC(=O)Nc2ccc(Br)cc2)C[C@H]1c1ccccc1. The van der Waals surface area contributed by atoms with Crippen LogP contribution >= 0.6 is 28.3 Å². The average Bonchev–Trinajstić information content (AvgIpc) is 2.91. The third-order valence-electron chi connectivity index (χ3n) is 4.16. The molecule has 0 radical (unpaired) electrons. The van der Waals surface area contributed by atoms with Crippen molar-refractivity contribution < 1.29 is 4.79 Å². The summed E-state index contributed by atoms with van der Waals surface area (Å²) in [6.45, 7) is 1.93. The van der Waals surface area contributed by atoms with Gasteiger partial charge < -0.3 is 11.1 Å². The van der Waals surface area contributed by atoms with Gasteiger partial charge in [0.05, 0.1) is 6.54 Å². The lowest BCUT2D eigenvalue weighted by molar-refractivity contribution is -0.117. The molecule has 6 heteroatoms. The van der Waals surface area contributed by atoms with Crippen LogP contribution in [0.1, 0.15) is 11.5 Å². The lowest BCUT2D eigenvalue weighted by Gasteiger charge is -2.16. The first-order valence-corrected chi connectivity index (χ1v) is 8.49. The number of likely N-dealkylation sites (tertiary alicyclic amines) is 1. The van der Waals surface area contributed by atoms with Crippen LogP contribution in [-0.4, -0.2) is 36.5 Å². The zero-order valence-electron chi connectivity index (χ0n) is 13.2. The van der Waals surface area contributed by atoms with Gasteiger partial charge in [-0.05, 0) is 29.8 Å². The molecule has 0 aromatic heterocycles. The zero-order chi connectivity index (χ0) is 16.2. The lowest BCUT2D eigenvalue weighted by atomic mass is 9.95. The molecular formula is C18H21BrClN3O. The molecule has 0 saturated carbocycles. The van der Waals surface area contributed by atoms with E-state index in [1.807, 2.05) is 42.5 Å². The fraction of sp³-hybridized carbons (Fsp3) is 0.278. The summed E-state index contributed by atoms with van der Waals surface area (Å²) in [5.41, 5.74) is 8.32. The molecule has 3 rings (SSSR count). The van der Waals surface area contributed by atoms with Gasteiger partial charge in [0.2, 0.25) is 5.91 Å². The average molecular weight is 411 g/mol. The Morgan fingerprint density at radius 2 is 1.79 bits per heavy atom. The largest absolute Gasteiger partial charge is 0.326 e. The number of nitrogens with zero attached hydrogens (tertiary/aromatic N) is 1. The van der Waals surface area contributed by atoms with Crippen LogP contribution in [0.25, 0.3) is 0 Å². The van der Waals surface area contributed by atoms with E-state index in [1.165, 1.54) is 5.56 Å². The molecule has 2 atom stereocenters. The number of nitrogens with two attached hydrogens (primary N) is 1. The predicted octanol–water partition coefficient (Wildman–Crippen LogP) is 3.24. The van der Waals surface area contributed by atoms with Gasteiger partial charge in [-0.25, -0.2) is 0 Å². The van der Waals surface area contributed by atoms with E-state index < -0.39 is 0 Å². The Morgan fingerprint density at radius 3 is 2.46 bits per heavy atom. The first kappa shape index (κ1) is 18.9. The summed E-state index contributed by atoms with van der Waals surface area (Å²) in [6.07, 6.45) is 0. The molecule has 1 heterocycles. The summed E-state index contributed by atoms with van der Waals surface area (Å²) >= 11 is 3.38. The molecule has 2 aromatic rings. The molecular weight excluding hydrogens is 390 g/mol. The van der Waals surface area contributed by atoms with E-state index in [0.29, 0.717) is 6.54 Å². The highest BCUT2D eigenvalue weighted by molar-refractivity contribution is 9.10. The molecule has 3 N–H and O–H groups in total. The Hall–Kier alpha value is -1.40. The standard InChI is InChI=1S/C18H20BrN3O.ClH/c19-14-6-8-15(9-7-14)21-18(23)12-22-10-16(17(20)11-22)13-4-2-1-3-5-13;/h1-9,16-17H,10-12,20H2,(H,21,23);1H/t16-,17+;/m0./s1. The zero-order valence-corrected chi connectivity index (χ0v) is 15.6. The minimum absolute atomic E-state index is 0. The van der Waals surface area contributed by atoms with Gasteiger partial charge in [-0.1, -0.05) is 46.3 Å². The van der Waals surface area contributed by atoms with Gasteiger partial charge in [0.1, 0.15) is 0 Å². The van der Waals surface area contributed by atoms with E-state index in [0.717, 1.165) is 23.2 Å². The number of hydrogen-bond acceptors (Lipinski definition) is 3. The molecule has 24 heavy (non-hydrogen) atoms. The summed E-state index contributed by atoms with van der Waals surface area (Å²) < 4.78 is 0.992. The normalized spacial score (nSPS) is 20.4. The fourth-order valence-corrected chi connectivity index (χ4v) is 3.30. The monoisotopic (exact) mass is 409 g/mol. The number of amides is 1. The number of nitrogens with one attached hydrogen (secondary N) is 1. The molecule has 0 spiro atoms. The smallest absolute Gasteiger partial charge is 0.238 e. The summed E-state index contributed by atoms with van der Waals surface area (Å²) in [7, 11) is 0. The van der Waals surface area contributed by atoms with Crippen molar-refractivity contribution in [1.29, 1.82) is 0 Å². The fourth-order valence-electron chi connectivity index (χ4n) is 3.03. The molecule has 0 bridgehead atoms. The number of halogens is 2. The molecule has 128 valence electrons. The van der Waals surface area contributed by atoms with Gasteiger partial charge in [-0.2, -0.15) is 0 Å². The Balaban J connectivity index is 0.00000208. The molecule has 2 aromatic carbocycles. The highest BCUT2D eigenvalue weighted by Gasteiger charge is 2.31. The highest BCUT2D eigenvalue weighted by Crippen LogP contribution is 2.26. The van der Waals surface area contributed by atoms with Gasteiger partial charge in [0, 0.05) is 35.2 Å². The van der Waals surface area contributed by atoms with Crippen LogP contribution in [0.3, 0.4) is 0 Å². The Labute approximate surface area is 157 Å². The minimum Gasteiger partial charge on any atom is -0.326 e. The molecule has 1 amide bonds. The van der Waals surface area contributed by atoms with Crippen LogP contribution in [0.15, 0.2) is 59.1 Å². The van der Waals surface area contributed by atoms with Crippen LogP contribution in [0.5, 0.6) is 0 Å². The van der Waals surface area contributed by atoms with E-state index in [9.17, 15) is 4.79 Å². The van der Waals surface area contributed by atoms with Gasteiger partial charge in [-0.3, -0.25) is 9.69 Å². The number of carbonyl (C=O) groups is 1. The van der Waals surface area contributed by atoms with Crippen LogP contribution in [0, 0.1) is 0 Å². The number of carbonyl (C=O) groups excluding carboxylic acids is 1. The van der Waals surface area contributed by atoms with Crippen LogP contribution in [-0.2, 0) is 4.79 Å². The van der Waals surface area contributed by atoms with Crippen LogP contribution in [0.4, 0.5) is 5.69 Å². The molecule has 0 unspecified atom stereocenters. The van der Waals surface area contributed by atoms with Gasteiger partial charge in [0.25, 0.3) is 0 Å². The van der Waals surface area contributed by atoms with Crippen LogP contribution in [0.2, 0.25) is 0 Å². The maximum atomic E-state index is 12.2. The summed E-state index contributed by atoms with van der Waals surface area (Å²) in [6, 6.07) is 17.9. The molecule has 4 nitrogen and oxygen atoms in total. The Bertz CT molecular complexity index is 666. The van der Waals surface area contributed by atoms with Crippen molar-refractivity contribution in [3.05, 3.63) is 64.6 Å². The third kappa shape index (κ3) is 4.80. The van der Waals surface area contributed by atoms with Crippen molar-refractivity contribution in [3.8, 4) is 0 Å². The number of rotatable bonds is 4. The Kier molecular flexibility index (Phi) is 6.80. The second kappa shape index (κ2) is 8.62. The van der Waals surface area contributed by atoms with Crippen molar-refractivity contribution in [2.24, 2.45) is 5.73 Å². The summed E-state index contributed by atoms with van der Waals surface area (Å²) in [5.74, 6) is 0.282. The van der Waals surface area contributed by atoms with Gasteiger partial charge in [-0.15, -0.1) is 12.4 Å². The quantitative estimate of drug-likeness (QED) is 0.813. The molecule has 1 fully saturated rings. The van der Waals surface area contributed by atoms with Crippen molar-refractivity contribution in [3.63, 3.8) is 0 Å². The second-order valence-corrected chi connectivity index (χ2v) is 6.85. The minimum atomic E-state index is -0.00626. The molecule has 1 saturated heterocycles. The Morgan fingerprint density at radius 1 is 1.12 bits per heavy atom. The van der Waals surface area contributed by atoms with Crippen molar-refractivity contribution in [1.82, 2.24) is 4.90 Å². The topological polar surface area (TPSA) is 58.4 Å². The van der Waals surface area contributed by atoms with E-state index in [1.54, 1.807) is 0 Å². The van der Waals surface area contributed by atoms with Crippen LogP contribution < -0.4 is 11.1 Å². The van der Waals surface area contributed by atoms with E-state index in [-0.39, 0.29) is 30.3 Å². The van der Waals surface area contributed by atoms with Gasteiger partial charge >= 0.3 is 0 Å². The van der Waals surface area contributed by atoms with E-state index in [2.05, 4.69) is 38.3 Å². The summed E-state index contributed by atoms with van der Waals surface area (Å²) in [4.78, 5) is 14.3. The van der Waals surface area contributed by atoms with Crippen molar-refractivity contribution in [2.45, 2.75) is 12.0 Å². The molecule has 1 aliphatic rings. The van der Waals surface area contributed by atoms with Gasteiger partial charge in [0.15, 0.2) is 0 Å². The van der Waals surface area contributed by atoms with Crippen molar-refractivity contribution >= 4 is 39.9 Å². The number of anilines is 1. The number of hydrogen-bond donors (Lipinski definition) is 2. The second-order valence-electron chi connectivity index (χ2n) is 5.93. The maximum absolute atomic E-state index is 12.2. The first-order valence-electron chi connectivity index (χ1n) is 7.70. The van der Waals surface area contributed by atoms with Crippen molar-refractivity contribution in [2.75, 3.05) is 25.0 Å². The molecule has 0 aliphatic carbocycles. The van der Waals surface area contributed by atoms with E-state index >= 15 is 0 Å². The predicted molar refractivity (Wildman–Crippen MR) is 104 cm³/mol. The molecule has 1 aliphatic heterocycles. The number of benzene rings is 2. The first-order chi connectivity index (χ1) is 11.1. The highest BCUT2D eigenvalue weighted by atomic mass is 79.9. The summed E-state index contributed by atoms with van der Waals surface area (Å²) in [5, 5.41) is 2.92. The maximum Gasteiger partial charge on any atom is 0.238 e.